The second-order valence-electron chi connectivity index (χ2n) is 8.30. The van der Waals surface area contributed by atoms with E-state index in [-0.39, 0.29) is 32.3 Å². The highest BCUT2D eigenvalue weighted by Crippen LogP contribution is 2.31. The maximum atomic E-state index is 11.4. The van der Waals surface area contributed by atoms with Gasteiger partial charge in [0.15, 0.2) is 0 Å². The Hall–Kier alpha value is -3.54. The minimum atomic E-state index is -0.414. The Bertz CT molecular complexity index is 969. The molecule has 0 radical (unpaired) electrons. The SMILES string of the molecule is C=C(C)C(=O)OCCOc1ccc(C(C)c2ccc(OCCOC(=O)C(=C)C)c(C)c2)cc1C. The summed E-state index contributed by atoms with van der Waals surface area (Å²) in [5.74, 6) is 0.864. The van der Waals surface area contributed by atoms with Crippen molar-refractivity contribution in [2.24, 2.45) is 0 Å². The van der Waals surface area contributed by atoms with Crippen LogP contribution in [0.1, 0.15) is 48.9 Å². The zero-order valence-electron chi connectivity index (χ0n) is 20.7. The van der Waals surface area contributed by atoms with Gasteiger partial charge in [0, 0.05) is 17.1 Å². The molecule has 2 rings (SSSR count). The molecule has 2 aromatic carbocycles. The maximum Gasteiger partial charge on any atom is 0.333 e. The third-order valence-corrected chi connectivity index (χ3v) is 5.24. The van der Waals surface area contributed by atoms with Gasteiger partial charge in [0.1, 0.15) is 37.9 Å². The molecule has 0 heterocycles. The molecule has 0 saturated heterocycles. The van der Waals surface area contributed by atoms with E-state index in [2.05, 4.69) is 32.2 Å². The highest BCUT2D eigenvalue weighted by atomic mass is 16.6. The molecular formula is C28H34O6. The van der Waals surface area contributed by atoms with Gasteiger partial charge in [-0.15, -0.1) is 0 Å². The fourth-order valence-electron chi connectivity index (χ4n) is 3.22. The van der Waals surface area contributed by atoms with E-state index in [0.29, 0.717) is 11.1 Å². The monoisotopic (exact) mass is 466 g/mol. The lowest BCUT2D eigenvalue weighted by Crippen LogP contribution is -2.13. The summed E-state index contributed by atoms with van der Waals surface area (Å²) >= 11 is 0. The van der Waals surface area contributed by atoms with Crippen molar-refractivity contribution in [3.8, 4) is 11.5 Å². The van der Waals surface area contributed by atoms with Gasteiger partial charge in [-0.05, 0) is 62.1 Å². The van der Waals surface area contributed by atoms with Crippen LogP contribution in [-0.4, -0.2) is 38.4 Å². The molecule has 0 aliphatic rings. The number of carbonyl (C=O) groups is 2. The predicted molar refractivity (Wildman–Crippen MR) is 132 cm³/mol. The molecule has 6 heteroatoms. The van der Waals surface area contributed by atoms with Gasteiger partial charge in [-0.3, -0.25) is 0 Å². The smallest absolute Gasteiger partial charge is 0.333 e. The zero-order valence-corrected chi connectivity index (χ0v) is 20.7. The van der Waals surface area contributed by atoms with Gasteiger partial charge in [0.25, 0.3) is 0 Å². The van der Waals surface area contributed by atoms with Crippen LogP contribution in [0.2, 0.25) is 0 Å². The Morgan fingerprint density at radius 2 is 1.12 bits per heavy atom. The van der Waals surface area contributed by atoms with Crippen molar-refractivity contribution >= 4 is 11.9 Å². The Morgan fingerprint density at radius 3 is 1.44 bits per heavy atom. The summed E-state index contributed by atoms with van der Waals surface area (Å²) < 4.78 is 21.6. The average molecular weight is 467 g/mol. The number of benzene rings is 2. The first-order valence-corrected chi connectivity index (χ1v) is 11.2. The van der Waals surface area contributed by atoms with Crippen LogP contribution in [0.4, 0.5) is 0 Å². The van der Waals surface area contributed by atoms with E-state index in [0.717, 1.165) is 22.6 Å². The molecule has 0 aromatic heterocycles. The maximum absolute atomic E-state index is 11.4. The topological polar surface area (TPSA) is 71.1 Å². The number of aryl methyl sites for hydroxylation is 2. The minimum Gasteiger partial charge on any atom is -0.490 e. The van der Waals surface area contributed by atoms with Gasteiger partial charge in [-0.1, -0.05) is 44.3 Å². The van der Waals surface area contributed by atoms with E-state index in [1.165, 1.54) is 11.1 Å². The molecule has 0 aliphatic carbocycles. The molecule has 6 nitrogen and oxygen atoms in total. The van der Waals surface area contributed by atoms with Gasteiger partial charge in [0.2, 0.25) is 0 Å². The van der Waals surface area contributed by atoms with Gasteiger partial charge >= 0.3 is 11.9 Å². The quantitative estimate of drug-likeness (QED) is 0.235. The molecule has 0 amide bonds. The minimum absolute atomic E-state index is 0.174. The Labute approximate surface area is 202 Å². The molecule has 0 saturated carbocycles. The summed E-state index contributed by atoms with van der Waals surface area (Å²) in [5.41, 5.74) is 5.09. The first-order chi connectivity index (χ1) is 16.1. The van der Waals surface area contributed by atoms with Crippen LogP contribution in [-0.2, 0) is 19.1 Å². The second kappa shape index (κ2) is 12.6. The standard InChI is InChI=1S/C28H34O6/c1-18(2)27(29)33-14-12-31-25-10-8-23(16-20(25)5)22(7)24-9-11-26(21(6)17-24)32-13-15-34-28(30)19(3)4/h8-11,16-17,22H,1,3,12-15H2,2,4-7H3. The van der Waals surface area contributed by atoms with Crippen molar-refractivity contribution in [3.63, 3.8) is 0 Å². The van der Waals surface area contributed by atoms with Gasteiger partial charge in [-0.25, -0.2) is 9.59 Å². The molecule has 0 aliphatic heterocycles. The van der Waals surface area contributed by atoms with E-state index in [1.54, 1.807) is 13.8 Å². The lowest BCUT2D eigenvalue weighted by molar-refractivity contribution is -0.140. The van der Waals surface area contributed by atoms with Crippen molar-refractivity contribution in [3.05, 3.63) is 83.0 Å². The fourth-order valence-corrected chi connectivity index (χ4v) is 3.22. The summed E-state index contributed by atoms with van der Waals surface area (Å²) in [6.45, 7) is 17.4. The fraction of sp³-hybridized carbons (Fsp3) is 0.357. The molecule has 0 spiro atoms. The number of rotatable bonds is 12. The van der Waals surface area contributed by atoms with Gasteiger partial charge in [0.05, 0.1) is 0 Å². The van der Waals surface area contributed by atoms with E-state index in [9.17, 15) is 9.59 Å². The number of hydrogen-bond acceptors (Lipinski definition) is 6. The molecule has 2 aromatic rings. The van der Waals surface area contributed by atoms with E-state index >= 15 is 0 Å². The lowest BCUT2D eigenvalue weighted by Gasteiger charge is -2.17. The molecule has 0 unspecified atom stereocenters. The Morgan fingerprint density at radius 1 is 0.735 bits per heavy atom. The third kappa shape index (κ3) is 7.80. The first kappa shape index (κ1) is 26.7. The highest BCUT2D eigenvalue weighted by molar-refractivity contribution is 5.87. The van der Waals surface area contributed by atoms with E-state index in [4.69, 9.17) is 18.9 Å². The van der Waals surface area contributed by atoms with Crippen LogP contribution in [0, 0.1) is 13.8 Å². The predicted octanol–water partition coefficient (Wildman–Crippen LogP) is 5.45. The molecule has 0 fully saturated rings. The van der Waals surface area contributed by atoms with Gasteiger partial charge < -0.3 is 18.9 Å². The second-order valence-corrected chi connectivity index (χ2v) is 8.30. The largest absolute Gasteiger partial charge is 0.490 e. The van der Waals surface area contributed by atoms with Crippen LogP contribution in [0.5, 0.6) is 11.5 Å². The van der Waals surface area contributed by atoms with Crippen molar-refractivity contribution in [2.45, 2.75) is 40.5 Å². The number of esters is 2. The average Bonchev–Trinajstić information content (AvgIpc) is 2.80. The summed E-state index contributed by atoms with van der Waals surface area (Å²) in [6, 6.07) is 12.2. The summed E-state index contributed by atoms with van der Waals surface area (Å²) in [4.78, 5) is 22.9. The number of carbonyl (C=O) groups excluding carboxylic acids is 2. The molecule has 34 heavy (non-hydrogen) atoms. The van der Waals surface area contributed by atoms with E-state index in [1.807, 2.05) is 38.1 Å². The van der Waals surface area contributed by atoms with Crippen molar-refractivity contribution < 1.29 is 28.5 Å². The first-order valence-electron chi connectivity index (χ1n) is 11.2. The normalized spacial score (nSPS) is 10.5. The number of hydrogen-bond donors (Lipinski definition) is 0. The molecule has 0 bridgehead atoms. The molecule has 0 N–H and O–H groups in total. The molecule has 182 valence electrons. The van der Waals surface area contributed by atoms with Crippen molar-refractivity contribution in [2.75, 3.05) is 26.4 Å². The molecular weight excluding hydrogens is 432 g/mol. The Balaban J connectivity index is 1.93. The highest BCUT2D eigenvalue weighted by Gasteiger charge is 2.13. The van der Waals surface area contributed by atoms with Crippen molar-refractivity contribution in [1.29, 1.82) is 0 Å². The van der Waals surface area contributed by atoms with Crippen LogP contribution in [0.15, 0.2) is 60.7 Å². The van der Waals surface area contributed by atoms with Crippen LogP contribution in [0.25, 0.3) is 0 Å². The van der Waals surface area contributed by atoms with E-state index < -0.39 is 11.9 Å². The van der Waals surface area contributed by atoms with Crippen LogP contribution >= 0.6 is 0 Å². The van der Waals surface area contributed by atoms with Crippen LogP contribution in [0.3, 0.4) is 0 Å². The summed E-state index contributed by atoms with van der Waals surface area (Å²) in [5, 5.41) is 0. The molecule has 0 atom stereocenters. The summed E-state index contributed by atoms with van der Waals surface area (Å²) in [7, 11) is 0. The Kier molecular flexibility index (Phi) is 9.92. The zero-order chi connectivity index (χ0) is 25.3. The third-order valence-electron chi connectivity index (χ3n) is 5.24. The lowest BCUT2D eigenvalue weighted by atomic mass is 9.91. The number of ether oxygens (including phenoxy) is 4. The van der Waals surface area contributed by atoms with Crippen LogP contribution < -0.4 is 9.47 Å². The van der Waals surface area contributed by atoms with Crippen molar-refractivity contribution in [1.82, 2.24) is 0 Å². The van der Waals surface area contributed by atoms with Gasteiger partial charge in [-0.2, -0.15) is 0 Å². The summed E-state index contributed by atoms with van der Waals surface area (Å²) in [6.07, 6.45) is 0.